The Labute approximate surface area is 170 Å². The quantitative estimate of drug-likeness (QED) is 0.435. The van der Waals surface area contributed by atoms with E-state index in [0.29, 0.717) is 16.5 Å². The fourth-order valence-electron chi connectivity index (χ4n) is 2.88. The third-order valence-corrected chi connectivity index (χ3v) is 4.44. The summed E-state index contributed by atoms with van der Waals surface area (Å²) in [6.07, 6.45) is 1.85. The van der Waals surface area contributed by atoms with Crippen LogP contribution in [0.1, 0.15) is 33.7 Å². The molecule has 0 spiro atoms. The summed E-state index contributed by atoms with van der Waals surface area (Å²) in [5.41, 5.74) is 3.75. The lowest BCUT2D eigenvalue weighted by molar-refractivity contribution is 0.102. The zero-order chi connectivity index (χ0) is 19.9. The van der Waals surface area contributed by atoms with E-state index < -0.39 is 0 Å². The molecule has 0 aliphatic rings. The average molecular weight is 395 g/mol. The summed E-state index contributed by atoms with van der Waals surface area (Å²) in [6, 6.07) is 17.2. The Hall–Kier alpha value is -2.92. The molecule has 2 N–H and O–H groups in total. The molecule has 1 amide bonds. The van der Waals surface area contributed by atoms with Gasteiger partial charge in [0.25, 0.3) is 5.91 Å². The lowest BCUT2D eigenvalue weighted by Crippen LogP contribution is -2.12. The Morgan fingerprint density at radius 3 is 2.54 bits per heavy atom. The van der Waals surface area contributed by atoms with Crippen molar-refractivity contribution in [2.75, 3.05) is 17.2 Å². The van der Waals surface area contributed by atoms with Crippen LogP contribution in [0.5, 0.6) is 0 Å². The van der Waals surface area contributed by atoms with E-state index >= 15 is 0 Å². The highest BCUT2D eigenvalue weighted by molar-refractivity contribution is 6.29. The van der Waals surface area contributed by atoms with Gasteiger partial charge in [-0.25, -0.2) is 9.97 Å². The number of hydrogen-bond donors (Lipinski definition) is 2. The maximum Gasteiger partial charge on any atom is 0.255 e. The predicted molar refractivity (Wildman–Crippen MR) is 114 cm³/mol. The van der Waals surface area contributed by atoms with E-state index in [1.54, 1.807) is 6.07 Å². The molecule has 3 rings (SSSR count). The number of carbonyl (C=O) groups excluding carboxylic acids is 1. The number of carbonyl (C=O) groups is 1. The first kappa shape index (κ1) is 19.8. The second kappa shape index (κ2) is 9.33. The molecule has 6 heteroatoms. The van der Waals surface area contributed by atoms with Crippen molar-refractivity contribution in [3.8, 4) is 0 Å². The van der Waals surface area contributed by atoms with Crippen LogP contribution >= 0.6 is 11.6 Å². The fraction of sp³-hybridized carbons (Fsp3) is 0.227. The van der Waals surface area contributed by atoms with Crippen LogP contribution in [0.25, 0.3) is 0 Å². The summed E-state index contributed by atoms with van der Waals surface area (Å²) in [6.45, 7) is 4.59. The number of aromatic nitrogens is 2. The van der Waals surface area contributed by atoms with Crippen LogP contribution in [0, 0.1) is 13.8 Å². The fourth-order valence-corrected chi connectivity index (χ4v) is 3.11. The van der Waals surface area contributed by atoms with Gasteiger partial charge in [-0.05, 0) is 62.1 Å². The van der Waals surface area contributed by atoms with Gasteiger partial charge >= 0.3 is 0 Å². The SMILES string of the molecule is Cc1cccc(NC(=O)c2ccc(CCCNc3cc(Cl)nc(C)n3)cc2)c1. The number of benzene rings is 2. The highest BCUT2D eigenvalue weighted by Crippen LogP contribution is 2.14. The Bertz CT molecular complexity index is 937. The summed E-state index contributed by atoms with van der Waals surface area (Å²) in [5, 5.41) is 6.62. The second-order valence-electron chi connectivity index (χ2n) is 6.67. The van der Waals surface area contributed by atoms with Crippen molar-refractivity contribution in [2.45, 2.75) is 26.7 Å². The van der Waals surface area contributed by atoms with Crippen molar-refractivity contribution < 1.29 is 4.79 Å². The lowest BCUT2D eigenvalue weighted by Gasteiger charge is -2.08. The molecule has 0 atom stereocenters. The summed E-state index contributed by atoms with van der Waals surface area (Å²) >= 11 is 5.93. The molecule has 5 nitrogen and oxygen atoms in total. The van der Waals surface area contributed by atoms with Crippen LogP contribution in [0.3, 0.4) is 0 Å². The van der Waals surface area contributed by atoms with Crippen molar-refractivity contribution in [1.29, 1.82) is 0 Å². The van der Waals surface area contributed by atoms with Crippen molar-refractivity contribution in [3.63, 3.8) is 0 Å². The number of halogens is 1. The van der Waals surface area contributed by atoms with Gasteiger partial charge in [-0.15, -0.1) is 0 Å². The molecule has 0 unspecified atom stereocenters. The number of hydrogen-bond acceptors (Lipinski definition) is 4. The topological polar surface area (TPSA) is 66.9 Å². The minimum Gasteiger partial charge on any atom is -0.370 e. The molecule has 0 fully saturated rings. The maximum absolute atomic E-state index is 12.4. The summed E-state index contributed by atoms with van der Waals surface area (Å²) in [5.74, 6) is 1.28. The van der Waals surface area contributed by atoms with E-state index in [-0.39, 0.29) is 5.91 Å². The van der Waals surface area contributed by atoms with Gasteiger partial charge in [-0.1, -0.05) is 35.9 Å². The molecule has 144 valence electrons. The molecule has 0 aliphatic carbocycles. The van der Waals surface area contributed by atoms with Gasteiger partial charge in [-0.3, -0.25) is 4.79 Å². The molecule has 2 aromatic carbocycles. The highest BCUT2D eigenvalue weighted by Gasteiger charge is 2.06. The van der Waals surface area contributed by atoms with E-state index in [1.165, 1.54) is 5.56 Å². The Kier molecular flexibility index (Phi) is 6.61. The van der Waals surface area contributed by atoms with E-state index in [1.807, 2.05) is 62.4 Å². The number of anilines is 2. The molecular formula is C22H23ClN4O. The number of nitrogens with one attached hydrogen (secondary N) is 2. The normalized spacial score (nSPS) is 10.5. The summed E-state index contributed by atoms with van der Waals surface area (Å²) < 4.78 is 0. The number of rotatable bonds is 7. The zero-order valence-electron chi connectivity index (χ0n) is 16.0. The maximum atomic E-state index is 12.4. The monoisotopic (exact) mass is 394 g/mol. The first-order chi connectivity index (χ1) is 13.5. The summed E-state index contributed by atoms with van der Waals surface area (Å²) in [7, 11) is 0. The van der Waals surface area contributed by atoms with Crippen LogP contribution < -0.4 is 10.6 Å². The van der Waals surface area contributed by atoms with Crippen molar-refractivity contribution in [1.82, 2.24) is 9.97 Å². The van der Waals surface area contributed by atoms with Gasteiger partial charge < -0.3 is 10.6 Å². The Balaban J connectivity index is 1.48. The van der Waals surface area contributed by atoms with Gasteiger partial charge in [0.05, 0.1) is 0 Å². The smallest absolute Gasteiger partial charge is 0.255 e. The molecule has 1 heterocycles. The van der Waals surface area contributed by atoms with Crippen LogP contribution in [0.2, 0.25) is 5.15 Å². The molecule has 0 bridgehead atoms. The van der Waals surface area contributed by atoms with Gasteiger partial charge in [-0.2, -0.15) is 0 Å². The van der Waals surface area contributed by atoms with Gasteiger partial charge in [0.15, 0.2) is 0 Å². The number of amides is 1. The van der Waals surface area contributed by atoms with Crippen LogP contribution in [0.4, 0.5) is 11.5 Å². The van der Waals surface area contributed by atoms with Crippen LogP contribution in [0.15, 0.2) is 54.6 Å². The van der Waals surface area contributed by atoms with Gasteiger partial charge in [0, 0.05) is 23.9 Å². The van der Waals surface area contributed by atoms with Crippen molar-refractivity contribution in [2.24, 2.45) is 0 Å². The third-order valence-electron chi connectivity index (χ3n) is 4.25. The van der Waals surface area contributed by atoms with Gasteiger partial charge in [0.1, 0.15) is 16.8 Å². The molecule has 0 radical (unpaired) electrons. The Morgan fingerprint density at radius 2 is 1.82 bits per heavy atom. The number of aryl methyl sites for hydroxylation is 3. The lowest BCUT2D eigenvalue weighted by atomic mass is 10.1. The molecule has 0 aliphatic heterocycles. The average Bonchev–Trinajstić information content (AvgIpc) is 2.65. The van der Waals surface area contributed by atoms with Crippen molar-refractivity contribution in [3.05, 3.63) is 82.3 Å². The van der Waals surface area contributed by atoms with E-state index in [9.17, 15) is 4.79 Å². The minimum atomic E-state index is -0.102. The van der Waals surface area contributed by atoms with Crippen LogP contribution in [-0.2, 0) is 6.42 Å². The molecule has 0 saturated carbocycles. The molecular weight excluding hydrogens is 372 g/mol. The predicted octanol–water partition coefficient (Wildman–Crippen LogP) is 5.04. The van der Waals surface area contributed by atoms with E-state index in [2.05, 4.69) is 20.6 Å². The first-order valence-corrected chi connectivity index (χ1v) is 9.59. The second-order valence-corrected chi connectivity index (χ2v) is 7.06. The van der Waals surface area contributed by atoms with E-state index in [4.69, 9.17) is 11.6 Å². The Morgan fingerprint density at radius 1 is 1.04 bits per heavy atom. The molecule has 28 heavy (non-hydrogen) atoms. The third kappa shape index (κ3) is 5.79. The highest BCUT2D eigenvalue weighted by atomic mass is 35.5. The first-order valence-electron chi connectivity index (χ1n) is 9.21. The van der Waals surface area contributed by atoms with Crippen LogP contribution in [-0.4, -0.2) is 22.4 Å². The largest absolute Gasteiger partial charge is 0.370 e. The standard InChI is InChI=1S/C22H23ClN4O/c1-15-5-3-7-19(13-15)27-22(28)18-10-8-17(9-11-18)6-4-12-24-21-14-20(23)25-16(2)26-21/h3,5,7-11,13-14H,4,6,12H2,1-2H3,(H,27,28)(H,24,25,26). The van der Waals surface area contributed by atoms with E-state index in [0.717, 1.165) is 36.5 Å². The molecule has 1 aromatic heterocycles. The van der Waals surface area contributed by atoms with Gasteiger partial charge in [0.2, 0.25) is 0 Å². The van der Waals surface area contributed by atoms with Crippen molar-refractivity contribution >= 4 is 29.0 Å². The summed E-state index contributed by atoms with van der Waals surface area (Å²) in [4.78, 5) is 20.7. The molecule has 3 aromatic rings. The minimum absolute atomic E-state index is 0.102. The zero-order valence-corrected chi connectivity index (χ0v) is 16.8. The number of nitrogens with zero attached hydrogens (tertiary/aromatic N) is 2. The molecule has 0 saturated heterocycles.